The maximum Gasteiger partial charge on any atom is 0.223 e. The van der Waals surface area contributed by atoms with Gasteiger partial charge < -0.3 is 19.7 Å². The molecule has 0 aliphatic carbocycles. The Bertz CT molecular complexity index is 612. The first kappa shape index (κ1) is 19.4. The van der Waals surface area contributed by atoms with E-state index in [-0.39, 0.29) is 24.8 Å². The SMILES string of the molecule is COC[C@@]1(CC(=O)NCCn2nc(C)cc2C)CN(C(C)=O)CCO1. The minimum Gasteiger partial charge on any atom is -0.382 e. The van der Waals surface area contributed by atoms with Crippen LogP contribution in [0.15, 0.2) is 6.07 Å². The Labute approximate surface area is 148 Å². The van der Waals surface area contributed by atoms with Gasteiger partial charge in [-0.15, -0.1) is 0 Å². The summed E-state index contributed by atoms with van der Waals surface area (Å²) in [6.07, 6.45) is 0.155. The smallest absolute Gasteiger partial charge is 0.223 e. The van der Waals surface area contributed by atoms with E-state index in [4.69, 9.17) is 9.47 Å². The van der Waals surface area contributed by atoms with Gasteiger partial charge in [-0.05, 0) is 19.9 Å². The Hall–Kier alpha value is -1.93. The Kier molecular flexibility index (Phi) is 6.55. The number of rotatable bonds is 7. The topological polar surface area (TPSA) is 85.7 Å². The lowest BCUT2D eigenvalue weighted by Gasteiger charge is -2.41. The van der Waals surface area contributed by atoms with E-state index >= 15 is 0 Å². The first-order valence-electron chi connectivity index (χ1n) is 8.51. The summed E-state index contributed by atoms with van der Waals surface area (Å²) in [6.45, 7) is 8.13. The van der Waals surface area contributed by atoms with Crippen LogP contribution in [0.2, 0.25) is 0 Å². The molecular weight excluding hydrogens is 324 g/mol. The van der Waals surface area contributed by atoms with E-state index in [1.807, 2.05) is 24.6 Å². The first-order chi connectivity index (χ1) is 11.8. The van der Waals surface area contributed by atoms with Crippen LogP contribution in [0.5, 0.6) is 0 Å². The van der Waals surface area contributed by atoms with Crippen molar-refractivity contribution in [2.24, 2.45) is 0 Å². The number of nitrogens with zero attached hydrogens (tertiary/aromatic N) is 3. The van der Waals surface area contributed by atoms with E-state index in [1.165, 1.54) is 6.92 Å². The molecule has 0 saturated carbocycles. The molecule has 8 nitrogen and oxygen atoms in total. The van der Waals surface area contributed by atoms with Crippen molar-refractivity contribution >= 4 is 11.8 Å². The van der Waals surface area contributed by atoms with Gasteiger partial charge in [0.2, 0.25) is 11.8 Å². The third-order valence-corrected chi connectivity index (χ3v) is 4.33. The summed E-state index contributed by atoms with van der Waals surface area (Å²) in [5.41, 5.74) is 1.24. The molecule has 0 aromatic carbocycles. The number of morpholine rings is 1. The number of carbonyl (C=O) groups is 2. The first-order valence-corrected chi connectivity index (χ1v) is 8.51. The van der Waals surface area contributed by atoms with Crippen LogP contribution in [0, 0.1) is 13.8 Å². The van der Waals surface area contributed by atoms with E-state index in [0.717, 1.165) is 11.4 Å². The van der Waals surface area contributed by atoms with Crippen LogP contribution in [0.1, 0.15) is 24.7 Å². The molecule has 0 radical (unpaired) electrons. The summed E-state index contributed by atoms with van der Waals surface area (Å²) in [4.78, 5) is 25.7. The molecule has 1 atom stereocenters. The van der Waals surface area contributed by atoms with E-state index in [0.29, 0.717) is 32.8 Å². The number of methoxy groups -OCH3 is 1. The van der Waals surface area contributed by atoms with Crippen molar-refractivity contribution in [1.82, 2.24) is 20.0 Å². The molecule has 140 valence electrons. The number of nitrogens with one attached hydrogen (secondary N) is 1. The number of aromatic nitrogens is 2. The molecule has 1 fully saturated rings. The molecule has 2 rings (SSSR count). The summed E-state index contributed by atoms with van der Waals surface area (Å²) in [5.74, 6) is -0.141. The molecule has 1 saturated heterocycles. The summed E-state index contributed by atoms with van der Waals surface area (Å²) in [7, 11) is 1.57. The normalized spacial score (nSPS) is 20.6. The quantitative estimate of drug-likeness (QED) is 0.761. The van der Waals surface area contributed by atoms with Crippen LogP contribution in [0.4, 0.5) is 0 Å². The van der Waals surface area contributed by atoms with Crippen LogP contribution in [-0.4, -0.2) is 72.1 Å². The predicted molar refractivity (Wildman–Crippen MR) is 92.1 cm³/mol. The highest BCUT2D eigenvalue weighted by Gasteiger charge is 2.39. The summed E-state index contributed by atoms with van der Waals surface area (Å²) < 4.78 is 13.0. The van der Waals surface area contributed by atoms with Crippen molar-refractivity contribution in [2.45, 2.75) is 39.3 Å². The number of aryl methyl sites for hydroxylation is 2. The van der Waals surface area contributed by atoms with Gasteiger partial charge in [0.15, 0.2) is 0 Å². The largest absolute Gasteiger partial charge is 0.382 e. The molecule has 0 bridgehead atoms. The van der Waals surface area contributed by atoms with Crippen LogP contribution in [0.25, 0.3) is 0 Å². The molecule has 1 N–H and O–H groups in total. The molecule has 1 aliphatic heterocycles. The van der Waals surface area contributed by atoms with Gasteiger partial charge in [0, 0.05) is 32.8 Å². The standard InChI is InChI=1S/C17H28N4O4/c1-13-9-14(2)21(19-13)6-5-18-16(23)10-17(12-24-4)11-20(15(3)22)7-8-25-17/h9H,5-8,10-12H2,1-4H3,(H,18,23)/t17-/m1/s1. The Morgan fingerprint density at radius 2 is 2.20 bits per heavy atom. The van der Waals surface area contributed by atoms with Crippen molar-refractivity contribution in [2.75, 3.05) is 40.0 Å². The van der Waals surface area contributed by atoms with Crippen LogP contribution < -0.4 is 5.32 Å². The number of carbonyl (C=O) groups excluding carboxylic acids is 2. The van der Waals surface area contributed by atoms with E-state index in [9.17, 15) is 9.59 Å². The third-order valence-electron chi connectivity index (χ3n) is 4.33. The average molecular weight is 352 g/mol. The molecule has 25 heavy (non-hydrogen) atoms. The minimum atomic E-state index is -0.791. The van der Waals surface area contributed by atoms with Gasteiger partial charge in [-0.3, -0.25) is 14.3 Å². The Morgan fingerprint density at radius 3 is 2.80 bits per heavy atom. The fraction of sp³-hybridized carbons (Fsp3) is 0.706. The monoisotopic (exact) mass is 352 g/mol. The van der Waals surface area contributed by atoms with Crippen molar-refractivity contribution in [3.63, 3.8) is 0 Å². The molecule has 8 heteroatoms. The van der Waals surface area contributed by atoms with Crippen molar-refractivity contribution < 1.29 is 19.1 Å². The summed E-state index contributed by atoms with van der Waals surface area (Å²) >= 11 is 0. The lowest BCUT2D eigenvalue weighted by molar-refractivity contribution is -0.165. The number of ether oxygens (including phenoxy) is 2. The zero-order valence-corrected chi connectivity index (χ0v) is 15.5. The molecule has 1 aromatic heterocycles. The van der Waals surface area contributed by atoms with E-state index in [1.54, 1.807) is 12.0 Å². The molecule has 1 aliphatic rings. The fourth-order valence-electron chi connectivity index (χ4n) is 3.18. The second kappa shape index (κ2) is 8.44. The van der Waals surface area contributed by atoms with E-state index < -0.39 is 5.60 Å². The number of hydrogen-bond acceptors (Lipinski definition) is 5. The van der Waals surface area contributed by atoms with Gasteiger partial charge in [0.05, 0.1) is 38.4 Å². The summed E-state index contributed by atoms with van der Waals surface area (Å²) in [5, 5.41) is 7.28. The fourth-order valence-corrected chi connectivity index (χ4v) is 3.18. The molecule has 2 amide bonds. The zero-order chi connectivity index (χ0) is 18.4. The molecule has 0 unspecified atom stereocenters. The van der Waals surface area contributed by atoms with Crippen molar-refractivity contribution in [3.8, 4) is 0 Å². The van der Waals surface area contributed by atoms with Gasteiger partial charge in [-0.1, -0.05) is 0 Å². The van der Waals surface area contributed by atoms with E-state index in [2.05, 4.69) is 10.4 Å². The third kappa shape index (κ3) is 5.27. The van der Waals surface area contributed by atoms with Gasteiger partial charge in [-0.2, -0.15) is 5.10 Å². The molecule has 2 heterocycles. The van der Waals surface area contributed by atoms with Crippen LogP contribution >= 0.6 is 0 Å². The minimum absolute atomic E-state index is 0.0197. The van der Waals surface area contributed by atoms with Gasteiger partial charge in [0.25, 0.3) is 0 Å². The average Bonchev–Trinajstić information content (AvgIpc) is 2.85. The van der Waals surface area contributed by atoms with Crippen LogP contribution in [-0.2, 0) is 25.6 Å². The maximum atomic E-state index is 12.4. The summed E-state index contributed by atoms with van der Waals surface area (Å²) in [6, 6.07) is 2.00. The van der Waals surface area contributed by atoms with Gasteiger partial charge in [-0.25, -0.2) is 0 Å². The maximum absolute atomic E-state index is 12.4. The van der Waals surface area contributed by atoms with Gasteiger partial charge in [0.1, 0.15) is 5.60 Å². The molecule has 1 aromatic rings. The van der Waals surface area contributed by atoms with Crippen molar-refractivity contribution in [1.29, 1.82) is 0 Å². The zero-order valence-electron chi connectivity index (χ0n) is 15.5. The number of amides is 2. The Morgan fingerprint density at radius 1 is 1.44 bits per heavy atom. The Balaban J connectivity index is 1.89. The second-order valence-corrected chi connectivity index (χ2v) is 6.58. The highest BCUT2D eigenvalue weighted by atomic mass is 16.5. The van der Waals surface area contributed by atoms with Gasteiger partial charge >= 0.3 is 0 Å². The highest BCUT2D eigenvalue weighted by molar-refractivity contribution is 5.77. The molecular formula is C17H28N4O4. The lowest BCUT2D eigenvalue weighted by atomic mass is 9.97. The molecule has 0 spiro atoms. The predicted octanol–water partition coefficient (Wildman–Crippen LogP) is 0.270. The number of hydrogen-bond donors (Lipinski definition) is 1. The van der Waals surface area contributed by atoms with Crippen molar-refractivity contribution in [3.05, 3.63) is 17.5 Å². The second-order valence-electron chi connectivity index (χ2n) is 6.58. The van der Waals surface area contributed by atoms with Crippen LogP contribution in [0.3, 0.4) is 0 Å². The highest BCUT2D eigenvalue weighted by Crippen LogP contribution is 2.23. The lowest BCUT2D eigenvalue weighted by Crippen LogP contribution is -2.57.